The van der Waals surface area contributed by atoms with Crippen LogP contribution in [0.2, 0.25) is 0 Å². The third-order valence-electron chi connectivity index (χ3n) is 3.22. The van der Waals surface area contributed by atoms with Crippen molar-refractivity contribution < 1.29 is 14.6 Å². The second-order valence-corrected chi connectivity index (χ2v) is 5.07. The molecule has 0 fully saturated rings. The lowest BCUT2D eigenvalue weighted by Crippen LogP contribution is -2.87. The Balaban J connectivity index is 1.53. The van der Waals surface area contributed by atoms with E-state index < -0.39 is 0 Å². The summed E-state index contributed by atoms with van der Waals surface area (Å²) in [5.74, 6) is -0.0737. The zero-order valence-electron chi connectivity index (χ0n) is 13.3. The summed E-state index contributed by atoms with van der Waals surface area (Å²) < 4.78 is 6.98. The summed E-state index contributed by atoms with van der Waals surface area (Å²) in [6.45, 7) is 0.00781. The number of hydrogen-bond acceptors (Lipinski definition) is 4. The van der Waals surface area contributed by atoms with E-state index >= 15 is 0 Å². The van der Waals surface area contributed by atoms with E-state index in [0.29, 0.717) is 5.56 Å². The van der Waals surface area contributed by atoms with Gasteiger partial charge >= 0.3 is 11.8 Å². The van der Waals surface area contributed by atoms with Crippen LogP contribution in [0.15, 0.2) is 67.0 Å². The number of aromatic nitrogens is 3. The van der Waals surface area contributed by atoms with Gasteiger partial charge in [0.1, 0.15) is 6.33 Å². The first kappa shape index (κ1) is 16.2. The zero-order chi connectivity index (χ0) is 17.5. The molecule has 0 radical (unpaired) electrons. The van der Waals surface area contributed by atoms with Crippen LogP contribution < -0.4 is 21.0 Å². The normalized spacial score (nSPS) is 11.1. The molecule has 3 rings (SSSR count). The lowest BCUT2D eigenvalue weighted by molar-refractivity contribution is -0.510. The monoisotopic (exact) mass is 337 g/mol. The smallest absolute Gasteiger partial charge is 0.336 e. The average Bonchev–Trinajstić information content (AvgIpc) is 3.15. The van der Waals surface area contributed by atoms with Crippen molar-refractivity contribution in [1.29, 1.82) is 0 Å². The molecule has 8 heteroatoms. The van der Waals surface area contributed by atoms with Crippen molar-refractivity contribution in [3.8, 4) is 11.7 Å². The van der Waals surface area contributed by atoms with Gasteiger partial charge in [-0.05, 0) is 24.3 Å². The summed E-state index contributed by atoms with van der Waals surface area (Å²) in [4.78, 5) is 15.9. The van der Waals surface area contributed by atoms with Gasteiger partial charge < -0.3 is 4.74 Å². The second kappa shape index (κ2) is 7.73. The number of amidine groups is 1. The maximum atomic E-state index is 11.9. The molecule has 0 aliphatic carbocycles. The van der Waals surface area contributed by atoms with Gasteiger partial charge in [0.05, 0.1) is 5.69 Å². The third-order valence-corrected chi connectivity index (χ3v) is 3.22. The predicted molar refractivity (Wildman–Crippen MR) is 90.9 cm³/mol. The molecule has 0 unspecified atom stereocenters. The Hall–Kier alpha value is -3.68. The molecule has 0 saturated carbocycles. The van der Waals surface area contributed by atoms with E-state index in [4.69, 9.17) is 10.5 Å². The highest BCUT2D eigenvalue weighted by Crippen LogP contribution is 2.07. The van der Waals surface area contributed by atoms with Gasteiger partial charge in [-0.3, -0.25) is 10.5 Å². The molecule has 0 aliphatic rings. The molecule has 2 aromatic carbocycles. The van der Waals surface area contributed by atoms with Crippen LogP contribution in [0.25, 0.3) is 5.69 Å². The van der Waals surface area contributed by atoms with Crippen LogP contribution in [0.1, 0.15) is 10.4 Å². The molecule has 4 N–H and O–H groups in total. The lowest BCUT2D eigenvalue weighted by Gasteiger charge is -2.00. The van der Waals surface area contributed by atoms with Crippen LogP contribution in [0, 0.1) is 0 Å². The van der Waals surface area contributed by atoms with Crippen LogP contribution in [-0.2, 0) is 0 Å². The Morgan fingerprint density at radius 2 is 1.80 bits per heavy atom. The number of hydrogen-bond donors (Lipinski definition) is 3. The number of rotatable bonds is 6. The first-order chi connectivity index (χ1) is 12.2. The number of hydrazine groups is 1. The van der Waals surface area contributed by atoms with Gasteiger partial charge in [0.15, 0.2) is 6.61 Å². The Labute approximate surface area is 143 Å². The first-order valence-electron chi connectivity index (χ1n) is 7.55. The topological polar surface area (TPSA) is 109 Å². The van der Waals surface area contributed by atoms with E-state index in [1.807, 2.05) is 36.4 Å². The van der Waals surface area contributed by atoms with E-state index in [9.17, 15) is 4.79 Å². The highest BCUT2D eigenvalue weighted by Gasteiger charge is 2.08. The highest BCUT2D eigenvalue weighted by atomic mass is 16.5. The maximum absolute atomic E-state index is 11.9. The summed E-state index contributed by atoms with van der Waals surface area (Å²) in [6, 6.07) is 18.5. The van der Waals surface area contributed by atoms with Gasteiger partial charge in [-0.15, -0.1) is 5.10 Å². The Bertz CT molecular complexity index is 861. The summed E-state index contributed by atoms with van der Waals surface area (Å²) in [6.07, 6.45) is 1.55. The third kappa shape index (κ3) is 4.41. The SMILES string of the molecule is NC(COc1ncn(-c2ccccc2)n1)=[NH+]NC(=O)c1ccccc1. The number of para-hydroxylation sites is 1. The van der Waals surface area contributed by atoms with Crippen LogP contribution in [0.5, 0.6) is 6.01 Å². The van der Waals surface area contributed by atoms with Crippen LogP contribution in [0.3, 0.4) is 0 Å². The van der Waals surface area contributed by atoms with Crippen molar-refractivity contribution in [1.82, 2.24) is 20.2 Å². The fraction of sp³-hybridized carbons (Fsp3) is 0.0588. The maximum Gasteiger partial charge on any atom is 0.336 e. The molecule has 0 spiro atoms. The zero-order valence-corrected chi connectivity index (χ0v) is 13.3. The van der Waals surface area contributed by atoms with Crippen molar-refractivity contribution in [2.75, 3.05) is 6.61 Å². The summed E-state index contributed by atoms with van der Waals surface area (Å²) in [5, 5.41) is 6.79. The van der Waals surface area contributed by atoms with E-state index in [-0.39, 0.29) is 24.4 Å². The minimum Gasteiger partial charge on any atom is -0.449 e. The van der Waals surface area contributed by atoms with E-state index in [2.05, 4.69) is 20.6 Å². The first-order valence-corrected chi connectivity index (χ1v) is 7.55. The van der Waals surface area contributed by atoms with E-state index in [0.717, 1.165) is 5.69 Å². The van der Waals surface area contributed by atoms with Gasteiger partial charge in [-0.25, -0.2) is 4.68 Å². The van der Waals surface area contributed by atoms with Crippen LogP contribution >= 0.6 is 0 Å². The standard InChI is InChI=1S/C17H16N6O2/c18-15(20-21-16(24)13-7-3-1-4-8-13)11-25-17-19-12-23(22-17)14-9-5-2-6-10-14/h1-10,12H,11H2,(H2,18,20)(H,21,24)/p+1. The summed E-state index contributed by atoms with van der Waals surface area (Å²) in [7, 11) is 0. The molecule has 0 atom stereocenters. The van der Waals surface area contributed by atoms with E-state index in [1.165, 1.54) is 0 Å². The number of nitrogens with one attached hydrogen (secondary N) is 2. The number of amides is 1. The molecule has 126 valence electrons. The number of nitrogens with two attached hydrogens (primary N) is 1. The quantitative estimate of drug-likeness (QED) is 0.317. The molecular weight excluding hydrogens is 320 g/mol. The van der Waals surface area contributed by atoms with Gasteiger partial charge in [-0.1, -0.05) is 36.4 Å². The Morgan fingerprint density at radius 3 is 2.52 bits per heavy atom. The molecule has 1 amide bonds. The molecule has 1 aromatic heterocycles. The van der Waals surface area contributed by atoms with Gasteiger partial charge in [0.25, 0.3) is 5.91 Å². The molecule has 3 aromatic rings. The molecule has 0 bridgehead atoms. The Morgan fingerprint density at radius 1 is 1.12 bits per heavy atom. The van der Waals surface area contributed by atoms with Crippen molar-refractivity contribution in [3.63, 3.8) is 0 Å². The largest absolute Gasteiger partial charge is 0.449 e. The predicted octanol–water partition coefficient (Wildman–Crippen LogP) is -0.571. The summed E-state index contributed by atoms with van der Waals surface area (Å²) >= 11 is 0. The van der Waals surface area contributed by atoms with Crippen molar-refractivity contribution in [2.24, 2.45) is 5.73 Å². The average molecular weight is 337 g/mol. The minimum absolute atomic E-state index is 0.00781. The van der Waals surface area contributed by atoms with Gasteiger partial charge in [0, 0.05) is 5.56 Å². The van der Waals surface area contributed by atoms with E-state index in [1.54, 1.807) is 35.3 Å². The minimum atomic E-state index is -0.296. The second-order valence-electron chi connectivity index (χ2n) is 5.07. The number of ether oxygens (including phenoxy) is 1. The fourth-order valence-corrected chi connectivity index (χ4v) is 2.00. The van der Waals surface area contributed by atoms with Gasteiger partial charge in [-0.2, -0.15) is 15.5 Å². The molecule has 1 heterocycles. The lowest BCUT2D eigenvalue weighted by atomic mass is 10.2. The van der Waals surface area contributed by atoms with Crippen LogP contribution in [-0.4, -0.2) is 33.1 Å². The molecule has 25 heavy (non-hydrogen) atoms. The molecule has 0 aliphatic heterocycles. The highest BCUT2D eigenvalue weighted by molar-refractivity contribution is 5.93. The molecule has 0 saturated heterocycles. The fourth-order valence-electron chi connectivity index (χ4n) is 2.00. The van der Waals surface area contributed by atoms with Gasteiger partial charge in [0.2, 0.25) is 0 Å². The van der Waals surface area contributed by atoms with Crippen molar-refractivity contribution >= 4 is 11.7 Å². The summed E-state index contributed by atoms with van der Waals surface area (Å²) in [5.41, 5.74) is 9.65. The van der Waals surface area contributed by atoms with Crippen LogP contribution in [0.4, 0.5) is 0 Å². The number of benzene rings is 2. The van der Waals surface area contributed by atoms with Crippen molar-refractivity contribution in [2.45, 2.75) is 0 Å². The molecule has 8 nitrogen and oxygen atoms in total. The Kier molecular flexibility index (Phi) is 5.01. The number of carbonyl (C=O) groups is 1. The number of hydrazone groups is 1. The van der Waals surface area contributed by atoms with Crippen molar-refractivity contribution in [3.05, 3.63) is 72.6 Å². The number of carbonyl (C=O) groups excluding carboxylic acids is 1. The molecular formula is C17H17N6O2+. The number of nitrogens with zero attached hydrogens (tertiary/aromatic N) is 3.